The van der Waals surface area contributed by atoms with Gasteiger partial charge in [0.2, 0.25) is 11.0 Å². The summed E-state index contributed by atoms with van der Waals surface area (Å²) in [5.41, 5.74) is 0.148. The lowest BCUT2D eigenvalue weighted by atomic mass is 10.3. The second-order valence-electron chi connectivity index (χ2n) is 4.67. The van der Waals surface area contributed by atoms with Gasteiger partial charge in [0, 0.05) is 18.1 Å². The van der Waals surface area contributed by atoms with E-state index >= 15 is 0 Å². The van der Waals surface area contributed by atoms with Crippen molar-refractivity contribution in [3.05, 3.63) is 28.5 Å². The highest BCUT2D eigenvalue weighted by molar-refractivity contribution is 9.10. The number of hydrogen-bond donors (Lipinski definition) is 2. The van der Waals surface area contributed by atoms with Gasteiger partial charge in [0.15, 0.2) is 4.34 Å². The average molecular weight is 435 g/mol. The van der Waals surface area contributed by atoms with Gasteiger partial charge < -0.3 is 15.4 Å². The summed E-state index contributed by atoms with van der Waals surface area (Å²) < 4.78 is 20.0. The number of rotatable bonds is 8. The molecular weight excluding hydrogens is 419 g/mol. The standard InChI is InChI=1S/C14H16BrFN4O2S2/c1-8(12(21)18-11-4-3-9(15)7-10(11)16)23-14-20-19-13(24-14)17-5-6-22-2/h3-4,7-8H,5-6H2,1-2H3,(H,17,19)(H,18,21). The number of benzene rings is 1. The zero-order chi connectivity index (χ0) is 17.5. The van der Waals surface area contributed by atoms with Crippen LogP contribution in [-0.4, -0.2) is 41.6 Å². The van der Waals surface area contributed by atoms with Gasteiger partial charge in [0.1, 0.15) is 5.82 Å². The van der Waals surface area contributed by atoms with E-state index in [1.165, 1.54) is 35.2 Å². The first-order chi connectivity index (χ1) is 11.5. The second kappa shape index (κ2) is 9.30. The first-order valence-electron chi connectivity index (χ1n) is 6.98. The summed E-state index contributed by atoms with van der Waals surface area (Å²) in [7, 11) is 1.62. The lowest BCUT2D eigenvalue weighted by Crippen LogP contribution is -2.22. The number of anilines is 2. The maximum atomic E-state index is 13.8. The highest BCUT2D eigenvalue weighted by Crippen LogP contribution is 2.29. The number of nitrogens with zero attached hydrogens (tertiary/aromatic N) is 2. The van der Waals surface area contributed by atoms with Crippen LogP contribution in [0.3, 0.4) is 0 Å². The van der Waals surface area contributed by atoms with Crippen molar-refractivity contribution in [1.82, 2.24) is 10.2 Å². The van der Waals surface area contributed by atoms with Crippen molar-refractivity contribution in [3.8, 4) is 0 Å². The molecule has 0 fully saturated rings. The van der Waals surface area contributed by atoms with Crippen LogP contribution < -0.4 is 10.6 Å². The van der Waals surface area contributed by atoms with Gasteiger partial charge in [-0.15, -0.1) is 10.2 Å². The van der Waals surface area contributed by atoms with Crippen LogP contribution in [0.5, 0.6) is 0 Å². The molecule has 0 radical (unpaired) electrons. The zero-order valence-corrected chi connectivity index (χ0v) is 16.2. The number of methoxy groups -OCH3 is 1. The molecule has 10 heteroatoms. The molecule has 0 spiro atoms. The van der Waals surface area contributed by atoms with Gasteiger partial charge >= 0.3 is 0 Å². The lowest BCUT2D eigenvalue weighted by molar-refractivity contribution is -0.115. The molecule has 0 saturated carbocycles. The normalized spacial score (nSPS) is 12.0. The Balaban J connectivity index is 1.89. The summed E-state index contributed by atoms with van der Waals surface area (Å²) in [6.07, 6.45) is 0. The maximum absolute atomic E-state index is 13.8. The fraction of sp³-hybridized carbons (Fsp3) is 0.357. The Labute approximate surface area is 155 Å². The first kappa shape index (κ1) is 19.1. The first-order valence-corrected chi connectivity index (χ1v) is 9.47. The van der Waals surface area contributed by atoms with Crippen molar-refractivity contribution in [1.29, 1.82) is 0 Å². The number of aromatic nitrogens is 2. The van der Waals surface area contributed by atoms with E-state index in [2.05, 4.69) is 36.8 Å². The molecule has 0 bridgehead atoms. The van der Waals surface area contributed by atoms with Gasteiger partial charge in [-0.1, -0.05) is 39.0 Å². The van der Waals surface area contributed by atoms with Crippen LogP contribution in [0.25, 0.3) is 0 Å². The van der Waals surface area contributed by atoms with Crippen molar-refractivity contribution in [2.75, 3.05) is 30.9 Å². The molecule has 0 aliphatic carbocycles. The molecule has 0 aliphatic heterocycles. The number of halogens is 2. The molecule has 0 aliphatic rings. The van der Waals surface area contributed by atoms with E-state index in [0.29, 0.717) is 27.1 Å². The Morgan fingerprint density at radius 2 is 2.29 bits per heavy atom. The second-order valence-corrected chi connectivity index (χ2v) is 8.15. The Morgan fingerprint density at radius 3 is 3.00 bits per heavy atom. The maximum Gasteiger partial charge on any atom is 0.237 e. The molecule has 2 rings (SSSR count). The quantitative estimate of drug-likeness (QED) is 0.488. The van der Waals surface area contributed by atoms with Crippen LogP contribution in [-0.2, 0) is 9.53 Å². The summed E-state index contributed by atoms with van der Waals surface area (Å²) in [6.45, 7) is 2.94. The van der Waals surface area contributed by atoms with Crippen LogP contribution in [0, 0.1) is 5.82 Å². The Morgan fingerprint density at radius 1 is 1.50 bits per heavy atom. The predicted octanol–water partition coefficient (Wildman–Crippen LogP) is 3.62. The summed E-state index contributed by atoms with van der Waals surface area (Å²) in [5.74, 6) is -0.791. The highest BCUT2D eigenvalue weighted by atomic mass is 79.9. The fourth-order valence-corrected chi connectivity index (χ4v) is 3.87. The molecule has 0 saturated heterocycles. The Kier molecular flexibility index (Phi) is 7.40. The van der Waals surface area contributed by atoms with Gasteiger partial charge in [-0.3, -0.25) is 4.79 Å². The molecule has 1 aromatic heterocycles. The number of amides is 1. The molecule has 1 aromatic carbocycles. The lowest BCUT2D eigenvalue weighted by Gasteiger charge is -2.11. The largest absolute Gasteiger partial charge is 0.383 e. The monoisotopic (exact) mass is 434 g/mol. The van der Waals surface area contributed by atoms with E-state index in [9.17, 15) is 9.18 Å². The fourth-order valence-electron chi connectivity index (χ4n) is 1.62. The predicted molar refractivity (Wildman–Crippen MR) is 98.3 cm³/mol. The van der Waals surface area contributed by atoms with Gasteiger partial charge in [0.05, 0.1) is 17.5 Å². The molecule has 2 N–H and O–H groups in total. The number of thioether (sulfide) groups is 1. The molecule has 1 unspecified atom stereocenters. The van der Waals surface area contributed by atoms with Crippen LogP contribution in [0.2, 0.25) is 0 Å². The minimum Gasteiger partial charge on any atom is -0.383 e. The number of carbonyl (C=O) groups excluding carboxylic acids is 1. The molecule has 6 nitrogen and oxygen atoms in total. The van der Waals surface area contributed by atoms with E-state index in [4.69, 9.17) is 4.74 Å². The van der Waals surface area contributed by atoms with E-state index in [1.54, 1.807) is 20.1 Å². The van der Waals surface area contributed by atoms with E-state index < -0.39 is 11.1 Å². The number of hydrogen-bond acceptors (Lipinski definition) is 7. The third-order valence-corrected chi connectivity index (χ3v) is 5.38. The van der Waals surface area contributed by atoms with Gasteiger partial charge in [-0.25, -0.2) is 4.39 Å². The van der Waals surface area contributed by atoms with Crippen molar-refractivity contribution in [2.45, 2.75) is 16.5 Å². The summed E-state index contributed by atoms with van der Waals surface area (Å²) in [5, 5.41) is 13.9. The molecule has 1 heterocycles. The molecule has 2 aromatic rings. The SMILES string of the molecule is COCCNc1nnc(SC(C)C(=O)Nc2ccc(Br)cc2F)s1. The third-order valence-electron chi connectivity index (χ3n) is 2.82. The number of nitrogens with one attached hydrogen (secondary N) is 2. The minimum atomic E-state index is -0.490. The molecule has 24 heavy (non-hydrogen) atoms. The molecule has 130 valence electrons. The summed E-state index contributed by atoms with van der Waals surface area (Å²) in [4.78, 5) is 12.2. The highest BCUT2D eigenvalue weighted by Gasteiger charge is 2.18. The average Bonchev–Trinajstić information content (AvgIpc) is 2.97. The Hall–Kier alpha value is -1.23. The molecule has 1 amide bonds. The van der Waals surface area contributed by atoms with Crippen molar-refractivity contribution >= 4 is 55.8 Å². The Bertz CT molecular complexity index is 701. The minimum absolute atomic E-state index is 0.148. The van der Waals surface area contributed by atoms with Gasteiger partial charge in [-0.05, 0) is 25.1 Å². The summed E-state index contributed by atoms with van der Waals surface area (Å²) in [6, 6.07) is 4.48. The van der Waals surface area contributed by atoms with Crippen LogP contribution in [0.15, 0.2) is 27.0 Å². The zero-order valence-electron chi connectivity index (χ0n) is 13.0. The topological polar surface area (TPSA) is 76.1 Å². The van der Waals surface area contributed by atoms with Gasteiger partial charge in [0.25, 0.3) is 0 Å². The summed E-state index contributed by atoms with van der Waals surface area (Å²) >= 11 is 5.80. The van der Waals surface area contributed by atoms with E-state index in [-0.39, 0.29) is 11.6 Å². The van der Waals surface area contributed by atoms with Crippen LogP contribution >= 0.6 is 39.0 Å². The number of ether oxygens (including phenoxy) is 1. The molecule has 1 atom stereocenters. The van der Waals surface area contributed by atoms with Crippen LogP contribution in [0.1, 0.15) is 6.92 Å². The number of carbonyl (C=O) groups is 1. The smallest absolute Gasteiger partial charge is 0.237 e. The van der Waals surface area contributed by atoms with E-state index in [1.807, 2.05) is 0 Å². The van der Waals surface area contributed by atoms with Gasteiger partial charge in [-0.2, -0.15) is 0 Å². The van der Waals surface area contributed by atoms with E-state index in [0.717, 1.165) is 0 Å². The van der Waals surface area contributed by atoms with Crippen molar-refractivity contribution in [2.24, 2.45) is 0 Å². The van der Waals surface area contributed by atoms with Crippen LogP contribution in [0.4, 0.5) is 15.2 Å². The third kappa shape index (κ3) is 5.69. The van der Waals surface area contributed by atoms with Crippen molar-refractivity contribution < 1.29 is 13.9 Å². The van der Waals surface area contributed by atoms with Crippen molar-refractivity contribution in [3.63, 3.8) is 0 Å². The molecular formula is C14H16BrFN4O2S2.